The van der Waals surface area contributed by atoms with Gasteiger partial charge < -0.3 is 15.5 Å². The smallest absolute Gasteiger partial charge is 0.147 e. The van der Waals surface area contributed by atoms with Gasteiger partial charge in [0.15, 0.2) is 0 Å². The highest BCUT2D eigenvalue weighted by Crippen LogP contribution is 2.33. The molecule has 0 bridgehead atoms. The summed E-state index contributed by atoms with van der Waals surface area (Å²) in [5, 5.41) is 0. The molecule has 35 heavy (non-hydrogen) atoms. The Morgan fingerprint density at radius 1 is 1.00 bits per heavy atom. The van der Waals surface area contributed by atoms with Crippen LogP contribution < -0.4 is 10.6 Å². The molecule has 2 saturated heterocycles. The molecule has 7 nitrogen and oxygen atoms in total. The summed E-state index contributed by atoms with van der Waals surface area (Å²) in [5.41, 5.74) is 13.4. The molecular weight excluding hydrogens is 434 g/mol. The average Bonchev–Trinajstić information content (AvgIpc) is 3.22. The molecule has 3 aliphatic rings. The van der Waals surface area contributed by atoms with E-state index in [-0.39, 0.29) is 0 Å². The Morgan fingerprint density at radius 2 is 1.74 bits per heavy atom. The molecule has 4 heterocycles. The molecule has 2 aromatic carbocycles. The summed E-state index contributed by atoms with van der Waals surface area (Å²) >= 11 is 0. The van der Waals surface area contributed by atoms with Gasteiger partial charge in [-0.3, -0.25) is 9.88 Å². The van der Waals surface area contributed by atoms with Crippen LogP contribution in [0.25, 0.3) is 22.2 Å². The second kappa shape index (κ2) is 8.64. The van der Waals surface area contributed by atoms with Crippen LogP contribution in [0.2, 0.25) is 0 Å². The highest BCUT2D eigenvalue weighted by Gasteiger charge is 2.33. The summed E-state index contributed by atoms with van der Waals surface area (Å²) in [5.74, 6) is 2.11. The van der Waals surface area contributed by atoms with Crippen molar-refractivity contribution in [2.45, 2.75) is 26.3 Å². The molecule has 3 aromatic rings. The van der Waals surface area contributed by atoms with E-state index in [0.29, 0.717) is 17.8 Å². The zero-order valence-corrected chi connectivity index (χ0v) is 20.6. The molecule has 0 saturated carbocycles. The second-order valence-corrected chi connectivity index (χ2v) is 10.3. The molecule has 2 N–H and O–H groups in total. The SMILES string of the molecule is C=C(C1CN(c2cnc3ccc(-c4ccc5c(c4)N=C(N)C5)cc3n2)C1)N1CCN(C(C)C)CC1. The maximum Gasteiger partial charge on any atom is 0.147 e. The van der Waals surface area contributed by atoms with Crippen LogP contribution in [-0.4, -0.2) is 70.9 Å². The number of anilines is 1. The summed E-state index contributed by atoms with van der Waals surface area (Å²) in [6, 6.07) is 13.3. The van der Waals surface area contributed by atoms with E-state index in [1.165, 1.54) is 11.3 Å². The number of amidine groups is 1. The topological polar surface area (TPSA) is 73.9 Å². The van der Waals surface area contributed by atoms with Gasteiger partial charge in [-0.05, 0) is 48.7 Å². The van der Waals surface area contributed by atoms with Gasteiger partial charge >= 0.3 is 0 Å². The first kappa shape index (κ1) is 22.0. The molecule has 7 heteroatoms. The Kier molecular flexibility index (Phi) is 5.44. The van der Waals surface area contributed by atoms with Crippen LogP contribution in [0.15, 0.2) is 59.9 Å². The molecule has 0 unspecified atom stereocenters. The van der Waals surface area contributed by atoms with Crippen molar-refractivity contribution in [1.29, 1.82) is 0 Å². The summed E-state index contributed by atoms with van der Waals surface area (Å²) in [4.78, 5) is 21.5. The minimum Gasteiger partial charge on any atom is -0.387 e. The quantitative estimate of drug-likeness (QED) is 0.615. The van der Waals surface area contributed by atoms with Gasteiger partial charge in [0.05, 0.1) is 22.9 Å². The predicted molar refractivity (Wildman–Crippen MR) is 143 cm³/mol. The number of nitrogens with two attached hydrogens (primary N) is 1. The minimum absolute atomic E-state index is 0.490. The lowest BCUT2D eigenvalue weighted by atomic mass is 9.95. The van der Waals surface area contributed by atoms with Crippen molar-refractivity contribution in [1.82, 2.24) is 19.8 Å². The van der Waals surface area contributed by atoms with E-state index in [1.807, 2.05) is 12.3 Å². The van der Waals surface area contributed by atoms with Gasteiger partial charge in [0.1, 0.15) is 11.7 Å². The molecule has 0 spiro atoms. The van der Waals surface area contributed by atoms with Crippen LogP contribution in [0.4, 0.5) is 11.5 Å². The van der Waals surface area contributed by atoms with Crippen LogP contribution in [0.3, 0.4) is 0 Å². The fourth-order valence-electron chi connectivity index (χ4n) is 5.38. The van der Waals surface area contributed by atoms with Crippen LogP contribution in [0.1, 0.15) is 19.4 Å². The molecule has 0 radical (unpaired) electrons. The summed E-state index contributed by atoms with van der Waals surface area (Å²) in [7, 11) is 0. The molecule has 2 fully saturated rings. The van der Waals surface area contributed by atoms with Crippen molar-refractivity contribution in [3.8, 4) is 11.1 Å². The normalized spacial score (nSPS) is 18.7. The van der Waals surface area contributed by atoms with Crippen molar-refractivity contribution in [2.24, 2.45) is 16.6 Å². The van der Waals surface area contributed by atoms with E-state index in [9.17, 15) is 0 Å². The van der Waals surface area contributed by atoms with Crippen LogP contribution >= 0.6 is 0 Å². The van der Waals surface area contributed by atoms with Gasteiger partial charge in [-0.15, -0.1) is 0 Å². The van der Waals surface area contributed by atoms with Crippen molar-refractivity contribution in [3.63, 3.8) is 0 Å². The van der Waals surface area contributed by atoms with E-state index in [1.54, 1.807) is 0 Å². The van der Waals surface area contributed by atoms with Crippen molar-refractivity contribution in [3.05, 3.63) is 60.4 Å². The second-order valence-electron chi connectivity index (χ2n) is 10.3. The number of rotatable bonds is 5. The third-order valence-corrected chi connectivity index (χ3v) is 7.71. The number of aromatic nitrogens is 2. The third kappa shape index (κ3) is 4.14. The molecule has 0 atom stereocenters. The maximum absolute atomic E-state index is 5.92. The number of benzene rings is 2. The number of piperazine rings is 1. The van der Waals surface area contributed by atoms with E-state index in [4.69, 9.17) is 15.7 Å². The van der Waals surface area contributed by atoms with Crippen LogP contribution in [-0.2, 0) is 6.42 Å². The highest BCUT2D eigenvalue weighted by molar-refractivity contribution is 5.92. The Balaban J connectivity index is 1.14. The fourth-order valence-corrected chi connectivity index (χ4v) is 5.38. The number of fused-ring (bicyclic) bond motifs is 2. The lowest BCUT2D eigenvalue weighted by Gasteiger charge is -2.46. The zero-order chi connectivity index (χ0) is 24.1. The largest absolute Gasteiger partial charge is 0.387 e. The minimum atomic E-state index is 0.490. The molecular formula is C28H33N7. The van der Waals surface area contributed by atoms with Crippen molar-refractivity contribution < 1.29 is 0 Å². The maximum atomic E-state index is 5.92. The number of nitrogens with zero attached hydrogens (tertiary/aromatic N) is 6. The zero-order valence-electron chi connectivity index (χ0n) is 20.6. The summed E-state index contributed by atoms with van der Waals surface area (Å²) in [6.07, 6.45) is 2.63. The molecule has 180 valence electrons. The first-order chi connectivity index (χ1) is 16.9. The monoisotopic (exact) mass is 467 g/mol. The first-order valence-electron chi connectivity index (χ1n) is 12.6. The Hall–Kier alpha value is -3.45. The fraction of sp³-hybridized carbons (Fsp3) is 0.393. The Morgan fingerprint density at radius 3 is 2.51 bits per heavy atom. The van der Waals surface area contributed by atoms with Gasteiger partial charge in [-0.1, -0.05) is 24.8 Å². The molecule has 0 aliphatic carbocycles. The summed E-state index contributed by atoms with van der Waals surface area (Å²) < 4.78 is 0. The first-order valence-corrected chi connectivity index (χ1v) is 12.6. The third-order valence-electron chi connectivity index (χ3n) is 7.71. The molecule has 6 rings (SSSR count). The Bertz CT molecular complexity index is 1310. The van der Waals surface area contributed by atoms with Crippen molar-refractivity contribution in [2.75, 3.05) is 44.2 Å². The van der Waals surface area contributed by atoms with Gasteiger partial charge in [0.25, 0.3) is 0 Å². The lowest BCUT2D eigenvalue weighted by molar-refractivity contribution is 0.120. The molecule has 0 amide bonds. The standard InChI is InChI=1S/C28H33N7/c1-18(2)33-8-10-34(11-9-33)19(3)23-16-35(17-23)28-15-30-24-7-6-21(13-26(24)32-28)20-4-5-22-14-27(29)31-25(22)12-20/h4-7,12-13,15,18,23H,3,8-11,14,16-17H2,1-2H3,(H2,29,31). The number of aliphatic imine (C=N–C) groups is 1. The highest BCUT2D eigenvalue weighted by atomic mass is 15.3. The van der Waals surface area contributed by atoms with Gasteiger partial charge in [-0.2, -0.15) is 0 Å². The average molecular weight is 468 g/mol. The number of hydrogen-bond donors (Lipinski definition) is 1. The Labute approximate surface area is 207 Å². The van der Waals surface area contributed by atoms with Gasteiger partial charge in [0.2, 0.25) is 0 Å². The van der Waals surface area contributed by atoms with E-state index in [0.717, 1.165) is 79.4 Å². The molecule has 1 aromatic heterocycles. The van der Waals surface area contributed by atoms with E-state index < -0.39 is 0 Å². The van der Waals surface area contributed by atoms with E-state index in [2.05, 4.69) is 70.5 Å². The van der Waals surface area contributed by atoms with E-state index >= 15 is 0 Å². The van der Waals surface area contributed by atoms with Gasteiger partial charge in [-0.25, -0.2) is 9.98 Å². The lowest BCUT2D eigenvalue weighted by Crippen LogP contribution is -2.54. The predicted octanol–water partition coefficient (Wildman–Crippen LogP) is 3.82. The van der Waals surface area contributed by atoms with Crippen LogP contribution in [0.5, 0.6) is 0 Å². The summed E-state index contributed by atoms with van der Waals surface area (Å²) in [6.45, 7) is 15.3. The van der Waals surface area contributed by atoms with Crippen LogP contribution in [0, 0.1) is 5.92 Å². The van der Waals surface area contributed by atoms with Gasteiger partial charge in [0, 0.05) is 63.3 Å². The molecule has 3 aliphatic heterocycles. The van der Waals surface area contributed by atoms with Crippen molar-refractivity contribution >= 4 is 28.4 Å². The number of hydrogen-bond acceptors (Lipinski definition) is 7.